The van der Waals surface area contributed by atoms with Crippen LogP contribution in [0.1, 0.15) is 31.9 Å². The van der Waals surface area contributed by atoms with Crippen molar-refractivity contribution in [1.82, 2.24) is 4.98 Å². The number of hydrogen-bond acceptors (Lipinski definition) is 2. The lowest BCUT2D eigenvalue weighted by Gasteiger charge is -2.25. The first-order valence-electron chi connectivity index (χ1n) is 5.17. The van der Waals surface area contributed by atoms with E-state index >= 15 is 0 Å². The number of allylic oxidation sites excluding steroid dienone is 1. The number of pyridine rings is 1. The Morgan fingerprint density at radius 3 is 2.73 bits per heavy atom. The van der Waals surface area contributed by atoms with Gasteiger partial charge in [0.2, 0.25) is 0 Å². The molecule has 0 spiro atoms. The van der Waals surface area contributed by atoms with E-state index in [1.807, 2.05) is 12.1 Å². The van der Waals surface area contributed by atoms with Gasteiger partial charge in [-0.25, -0.2) is 0 Å². The molecule has 2 rings (SSSR count). The zero-order valence-corrected chi connectivity index (χ0v) is 9.37. The number of hydrogen-bond donors (Lipinski definition) is 0. The monoisotopic (exact) mass is 201 g/mol. The van der Waals surface area contributed by atoms with Crippen LogP contribution in [0.4, 0.5) is 0 Å². The summed E-state index contributed by atoms with van der Waals surface area (Å²) in [5.74, 6) is 0.225. The van der Waals surface area contributed by atoms with Crippen LogP contribution in [0, 0.1) is 5.41 Å². The summed E-state index contributed by atoms with van der Waals surface area (Å²) in [5.41, 5.74) is 3.02. The van der Waals surface area contributed by atoms with Gasteiger partial charge in [0.1, 0.15) is 0 Å². The van der Waals surface area contributed by atoms with Gasteiger partial charge >= 0.3 is 0 Å². The molecule has 0 amide bonds. The summed E-state index contributed by atoms with van der Waals surface area (Å²) in [6.45, 7) is 6.22. The Hall–Kier alpha value is -1.44. The average molecular weight is 201 g/mol. The fourth-order valence-corrected chi connectivity index (χ4v) is 1.87. The van der Waals surface area contributed by atoms with Crippen LogP contribution in [0.3, 0.4) is 0 Å². The fraction of sp³-hybridized carbons (Fsp3) is 0.385. The molecule has 1 aromatic heterocycles. The van der Waals surface area contributed by atoms with Crippen molar-refractivity contribution >= 4 is 11.9 Å². The second kappa shape index (κ2) is 3.30. The first-order chi connectivity index (χ1) is 6.98. The van der Waals surface area contributed by atoms with Gasteiger partial charge in [0.15, 0.2) is 5.78 Å². The van der Waals surface area contributed by atoms with Crippen molar-refractivity contribution in [2.75, 3.05) is 0 Å². The summed E-state index contributed by atoms with van der Waals surface area (Å²) in [4.78, 5) is 15.9. The van der Waals surface area contributed by atoms with E-state index in [4.69, 9.17) is 0 Å². The number of carbonyl (C=O) groups is 1. The van der Waals surface area contributed by atoms with Crippen LogP contribution in [0.2, 0.25) is 0 Å². The highest BCUT2D eigenvalue weighted by atomic mass is 16.1. The maximum absolute atomic E-state index is 11.9. The smallest absolute Gasteiger partial charge is 0.163 e. The second-order valence-electron chi connectivity index (χ2n) is 4.98. The molecule has 0 radical (unpaired) electrons. The van der Waals surface area contributed by atoms with Crippen molar-refractivity contribution in [3.8, 4) is 0 Å². The molecule has 78 valence electrons. The molecule has 0 aliphatic heterocycles. The minimum Gasteiger partial charge on any atom is -0.294 e. The standard InChI is InChI=1S/C13H15NO/c1-13(2,3)11-6-9-4-5-14-8-10(9)7-12(11)15/h4-6,8H,7H2,1-3H3. The number of fused-ring (bicyclic) bond motifs is 1. The molecule has 1 heterocycles. The number of nitrogens with zero attached hydrogens (tertiary/aromatic N) is 1. The van der Waals surface area contributed by atoms with Crippen LogP contribution in [-0.2, 0) is 11.2 Å². The molecule has 2 heteroatoms. The van der Waals surface area contributed by atoms with Gasteiger partial charge in [-0.1, -0.05) is 20.8 Å². The quantitative estimate of drug-likeness (QED) is 0.646. The Kier molecular flexibility index (Phi) is 2.22. The first-order valence-corrected chi connectivity index (χ1v) is 5.17. The Balaban J connectivity index is 2.53. The van der Waals surface area contributed by atoms with E-state index in [-0.39, 0.29) is 11.2 Å². The molecule has 0 unspecified atom stereocenters. The highest BCUT2D eigenvalue weighted by molar-refractivity contribution is 6.04. The topological polar surface area (TPSA) is 30.0 Å². The number of Topliss-reactive ketones (excluding diaryl/α,β-unsaturated/α-hetero) is 1. The van der Waals surface area contributed by atoms with E-state index in [0.29, 0.717) is 6.42 Å². The third-order valence-corrected chi connectivity index (χ3v) is 2.70. The highest BCUT2D eigenvalue weighted by Crippen LogP contribution is 2.32. The van der Waals surface area contributed by atoms with Gasteiger partial charge in [-0.05, 0) is 28.7 Å². The highest BCUT2D eigenvalue weighted by Gasteiger charge is 2.27. The van der Waals surface area contributed by atoms with E-state index in [2.05, 4.69) is 25.8 Å². The van der Waals surface area contributed by atoms with Crippen LogP contribution in [0.15, 0.2) is 24.0 Å². The van der Waals surface area contributed by atoms with Gasteiger partial charge in [0.25, 0.3) is 0 Å². The Morgan fingerprint density at radius 1 is 1.33 bits per heavy atom. The van der Waals surface area contributed by atoms with Gasteiger partial charge in [0, 0.05) is 24.4 Å². The molecular formula is C13H15NO. The molecule has 0 fully saturated rings. The SMILES string of the molecule is CC(C)(C)C1=Cc2ccncc2CC1=O. The zero-order chi connectivity index (χ0) is 11.1. The molecule has 0 bridgehead atoms. The Labute approximate surface area is 90.0 Å². The third kappa shape index (κ3) is 1.84. The number of aromatic nitrogens is 1. The lowest BCUT2D eigenvalue weighted by Crippen LogP contribution is -2.22. The average Bonchev–Trinajstić information content (AvgIpc) is 2.15. The summed E-state index contributed by atoms with van der Waals surface area (Å²) in [5, 5.41) is 0. The van der Waals surface area contributed by atoms with E-state index in [1.165, 1.54) is 0 Å². The largest absolute Gasteiger partial charge is 0.294 e. The summed E-state index contributed by atoms with van der Waals surface area (Å²) in [7, 11) is 0. The summed E-state index contributed by atoms with van der Waals surface area (Å²) >= 11 is 0. The molecule has 0 N–H and O–H groups in total. The van der Waals surface area contributed by atoms with Gasteiger partial charge in [-0.2, -0.15) is 0 Å². The van der Waals surface area contributed by atoms with Crippen molar-refractivity contribution in [2.24, 2.45) is 5.41 Å². The summed E-state index contributed by atoms with van der Waals surface area (Å²) in [6, 6.07) is 1.97. The first kappa shape index (κ1) is 10.1. The molecule has 0 atom stereocenters. The zero-order valence-electron chi connectivity index (χ0n) is 9.37. The minimum absolute atomic E-state index is 0.0714. The number of carbonyl (C=O) groups excluding carboxylic acids is 1. The minimum atomic E-state index is -0.0714. The van der Waals surface area contributed by atoms with Gasteiger partial charge in [-0.3, -0.25) is 9.78 Å². The van der Waals surface area contributed by atoms with Gasteiger partial charge in [-0.15, -0.1) is 0 Å². The Morgan fingerprint density at radius 2 is 2.07 bits per heavy atom. The molecule has 1 aliphatic carbocycles. The van der Waals surface area contributed by atoms with Crippen LogP contribution in [-0.4, -0.2) is 10.8 Å². The Bertz CT molecular complexity index is 438. The fourth-order valence-electron chi connectivity index (χ4n) is 1.87. The molecule has 1 aromatic rings. The van der Waals surface area contributed by atoms with Crippen molar-refractivity contribution in [3.05, 3.63) is 35.2 Å². The molecule has 15 heavy (non-hydrogen) atoms. The maximum Gasteiger partial charge on any atom is 0.163 e. The van der Waals surface area contributed by atoms with Crippen LogP contribution in [0.5, 0.6) is 0 Å². The van der Waals surface area contributed by atoms with Crippen LogP contribution >= 0.6 is 0 Å². The van der Waals surface area contributed by atoms with Crippen molar-refractivity contribution < 1.29 is 4.79 Å². The van der Waals surface area contributed by atoms with Crippen LogP contribution in [0.25, 0.3) is 6.08 Å². The third-order valence-electron chi connectivity index (χ3n) is 2.70. The lowest BCUT2D eigenvalue weighted by atomic mass is 9.78. The number of ketones is 1. The van der Waals surface area contributed by atoms with E-state index in [9.17, 15) is 4.79 Å². The van der Waals surface area contributed by atoms with E-state index < -0.39 is 0 Å². The van der Waals surface area contributed by atoms with E-state index in [1.54, 1.807) is 12.4 Å². The molecule has 0 saturated heterocycles. The van der Waals surface area contributed by atoms with Crippen LogP contribution < -0.4 is 0 Å². The second-order valence-corrected chi connectivity index (χ2v) is 4.98. The molecule has 1 aliphatic rings. The molecule has 0 aromatic carbocycles. The maximum atomic E-state index is 11.9. The lowest BCUT2D eigenvalue weighted by molar-refractivity contribution is -0.115. The normalized spacial score (nSPS) is 15.9. The predicted molar refractivity (Wildman–Crippen MR) is 60.4 cm³/mol. The van der Waals surface area contributed by atoms with Gasteiger partial charge < -0.3 is 0 Å². The molecular weight excluding hydrogens is 186 g/mol. The molecule has 0 saturated carbocycles. The van der Waals surface area contributed by atoms with Crippen molar-refractivity contribution in [1.29, 1.82) is 0 Å². The van der Waals surface area contributed by atoms with Crippen molar-refractivity contribution in [2.45, 2.75) is 27.2 Å². The van der Waals surface area contributed by atoms with Gasteiger partial charge in [0.05, 0.1) is 0 Å². The van der Waals surface area contributed by atoms with E-state index in [0.717, 1.165) is 16.7 Å². The summed E-state index contributed by atoms with van der Waals surface area (Å²) in [6.07, 6.45) is 6.05. The summed E-state index contributed by atoms with van der Waals surface area (Å²) < 4.78 is 0. The molecule has 2 nitrogen and oxygen atoms in total. The number of rotatable bonds is 0. The predicted octanol–water partition coefficient (Wildman–Crippen LogP) is 2.64. The van der Waals surface area contributed by atoms with Crippen molar-refractivity contribution in [3.63, 3.8) is 0 Å².